The Kier molecular flexibility index (Phi) is 8.46. The first-order chi connectivity index (χ1) is 15.9. The highest BCUT2D eigenvalue weighted by atomic mass is 16.5. The average Bonchev–Trinajstić information content (AvgIpc) is 2.87. The Morgan fingerprint density at radius 2 is 1.61 bits per heavy atom. The molecule has 0 saturated carbocycles. The number of hydrogen-bond donors (Lipinski definition) is 2. The van der Waals surface area contributed by atoms with Crippen LogP contribution in [0.25, 0.3) is 0 Å². The van der Waals surface area contributed by atoms with E-state index >= 15 is 0 Å². The minimum Gasteiger partial charge on any atom is -0.497 e. The van der Waals surface area contributed by atoms with Crippen molar-refractivity contribution in [3.8, 4) is 5.75 Å². The van der Waals surface area contributed by atoms with E-state index in [1.54, 1.807) is 31.4 Å². The van der Waals surface area contributed by atoms with Crippen LogP contribution in [0.2, 0.25) is 0 Å². The van der Waals surface area contributed by atoms with Crippen LogP contribution < -0.4 is 15.4 Å². The van der Waals surface area contributed by atoms with Crippen molar-refractivity contribution in [3.05, 3.63) is 65.7 Å². The first-order valence-corrected chi connectivity index (χ1v) is 11.5. The van der Waals surface area contributed by atoms with Gasteiger partial charge in [-0.15, -0.1) is 0 Å². The molecule has 3 rings (SSSR count). The maximum Gasteiger partial charge on any atom is 0.253 e. The van der Waals surface area contributed by atoms with Gasteiger partial charge in [-0.25, -0.2) is 0 Å². The zero-order valence-electron chi connectivity index (χ0n) is 19.5. The van der Waals surface area contributed by atoms with Crippen LogP contribution in [-0.2, 0) is 4.79 Å². The Morgan fingerprint density at radius 1 is 0.970 bits per heavy atom. The Labute approximate surface area is 195 Å². The molecule has 1 aliphatic heterocycles. The van der Waals surface area contributed by atoms with Crippen molar-refractivity contribution < 1.29 is 19.1 Å². The standard InChI is InChI=1S/C26H33N3O4/c1-4-18(2)27-25(31)23(28-24(30)20-10-12-22(33-3)13-11-20)19-14-16-29(17-15-19)26(32)21-8-6-5-7-9-21/h5-13,18-19,23H,4,14-17H2,1-3H3,(H,27,31)(H,28,30). The van der Waals surface area contributed by atoms with Crippen molar-refractivity contribution in [3.63, 3.8) is 0 Å². The van der Waals surface area contributed by atoms with Crippen molar-refractivity contribution >= 4 is 17.7 Å². The van der Waals surface area contributed by atoms with E-state index in [1.807, 2.05) is 49.1 Å². The summed E-state index contributed by atoms with van der Waals surface area (Å²) in [7, 11) is 1.57. The van der Waals surface area contributed by atoms with Crippen molar-refractivity contribution in [1.82, 2.24) is 15.5 Å². The number of rotatable bonds is 8. The highest BCUT2D eigenvalue weighted by molar-refractivity contribution is 5.98. The largest absolute Gasteiger partial charge is 0.497 e. The van der Waals surface area contributed by atoms with Gasteiger partial charge in [-0.2, -0.15) is 0 Å². The van der Waals surface area contributed by atoms with Gasteiger partial charge in [0.25, 0.3) is 11.8 Å². The number of methoxy groups -OCH3 is 1. The maximum atomic E-state index is 13.1. The van der Waals surface area contributed by atoms with E-state index in [0.29, 0.717) is 42.8 Å². The molecule has 2 N–H and O–H groups in total. The molecule has 33 heavy (non-hydrogen) atoms. The quantitative estimate of drug-likeness (QED) is 0.645. The number of nitrogens with zero attached hydrogens (tertiary/aromatic N) is 1. The molecule has 2 atom stereocenters. The first-order valence-electron chi connectivity index (χ1n) is 11.5. The molecule has 2 aromatic rings. The van der Waals surface area contributed by atoms with E-state index in [-0.39, 0.29) is 29.7 Å². The van der Waals surface area contributed by atoms with Crippen LogP contribution in [0.3, 0.4) is 0 Å². The highest BCUT2D eigenvalue weighted by Gasteiger charge is 2.34. The summed E-state index contributed by atoms with van der Waals surface area (Å²) < 4.78 is 5.15. The first kappa shape index (κ1) is 24.3. The predicted octanol–water partition coefficient (Wildman–Crippen LogP) is 3.26. The van der Waals surface area contributed by atoms with E-state index in [0.717, 1.165) is 6.42 Å². The topological polar surface area (TPSA) is 87.7 Å². The summed E-state index contributed by atoms with van der Waals surface area (Å²) in [6, 6.07) is 15.4. The Balaban J connectivity index is 1.69. The van der Waals surface area contributed by atoms with Crippen molar-refractivity contribution in [2.24, 2.45) is 5.92 Å². The van der Waals surface area contributed by atoms with Gasteiger partial charge < -0.3 is 20.3 Å². The summed E-state index contributed by atoms with van der Waals surface area (Å²) in [5.74, 6) is 0.116. The Bertz CT molecular complexity index is 938. The molecule has 7 nitrogen and oxygen atoms in total. The Hall–Kier alpha value is -3.35. The summed E-state index contributed by atoms with van der Waals surface area (Å²) in [5, 5.41) is 5.96. The summed E-state index contributed by atoms with van der Waals surface area (Å²) in [5.41, 5.74) is 1.13. The molecule has 0 bridgehead atoms. The van der Waals surface area contributed by atoms with Gasteiger partial charge in [0, 0.05) is 30.3 Å². The number of carbonyl (C=O) groups excluding carboxylic acids is 3. The molecule has 0 aromatic heterocycles. The molecular weight excluding hydrogens is 418 g/mol. The van der Waals surface area contributed by atoms with E-state index in [4.69, 9.17) is 4.74 Å². The van der Waals surface area contributed by atoms with Gasteiger partial charge in [0.15, 0.2) is 0 Å². The third-order valence-electron chi connectivity index (χ3n) is 6.24. The second-order valence-electron chi connectivity index (χ2n) is 8.49. The van der Waals surface area contributed by atoms with Gasteiger partial charge in [-0.3, -0.25) is 14.4 Å². The molecule has 0 aliphatic carbocycles. The summed E-state index contributed by atoms with van der Waals surface area (Å²) >= 11 is 0. The third kappa shape index (κ3) is 6.34. The molecule has 0 spiro atoms. The smallest absolute Gasteiger partial charge is 0.253 e. The van der Waals surface area contributed by atoms with Crippen LogP contribution in [0.1, 0.15) is 53.8 Å². The van der Waals surface area contributed by atoms with E-state index in [9.17, 15) is 14.4 Å². The molecule has 1 aliphatic rings. The van der Waals surface area contributed by atoms with E-state index < -0.39 is 6.04 Å². The SMILES string of the molecule is CCC(C)NC(=O)C(NC(=O)c1ccc(OC)cc1)C1CCN(C(=O)c2ccccc2)CC1. The molecule has 1 saturated heterocycles. The second-order valence-corrected chi connectivity index (χ2v) is 8.49. The zero-order chi connectivity index (χ0) is 23.8. The van der Waals surface area contributed by atoms with Crippen LogP contribution in [-0.4, -0.2) is 54.9 Å². The number of likely N-dealkylation sites (tertiary alicyclic amines) is 1. The van der Waals surface area contributed by atoms with Crippen molar-refractivity contribution in [2.75, 3.05) is 20.2 Å². The zero-order valence-corrected chi connectivity index (χ0v) is 19.5. The summed E-state index contributed by atoms with van der Waals surface area (Å²) in [6.07, 6.45) is 2.08. The minimum absolute atomic E-state index is 0.00285. The van der Waals surface area contributed by atoms with Gasteiger partial charge in [0.05, 0.1) is 7.11 Å². The number of carbonyl (C=O) groups is 3. The summed E-state index contributed by atoms with van der Waals surface area (Å²) in [4.78, 5) is 40.6. The number of piperidine rings is 1. The molecule has 0 radical (unpaired) electrons. The van der Waals surface area contributed by atoms with Crippen LogP contribution in [0, 0.1) is 5.92 Å². The minimum atomic E-state index is -0.664. The Morgan fingerprint density at radius 3 is 2.18 bits per heavy atom. The van der Waals surface area contributed by atoms with Crippen LogP contribution in [0.15, 0.2) is 54.6 Å². The number of benzene rings is 2. The molecule has 7 heteroatoms. The molecule has 2 unspecified atom stereocenters. The molecular formula is C26H33N3O4. The fourth-order valence-corrected chi connectivity index (χ4v) is 4.00. The lowest BCUT2D eigenvalue weighted by atomic mass is 9.88. The number of nitrogens with one attached hydrogen (secondary N) is 2. The third-order valence-corrected chi connectivity index (χ3v) is 6.24. The number of hydrogen-bond acceptors (Lipinski definition) is 4. The normalized spacial score (nSPS) is 15.9. The maximum absolute atomic E-state index is 13.1. The monoisotopic (exact) mass is 451 g/mol. The van der Waals surface area contributed by atoms with Gasteiger partial charge in [0.1, 0.15) is 11.8 Å². The molecule has 1 heterocycles. The average molecular weight is 452 g/mol. The lowest BCUT2D eigenvalue weighted by molar-refractivity contribution is -0.125. The summed E-state index contributed by atoms with van der Waals surface area (Å²) in [6.45, 7) is 5.04. The molecule has 2 aromatic carbocycles. The number of ether oxygens (including phenoxy) is 1. The van der Waals surface area contributed by atoms with E-state index in [2.05, 4.69) is 10.6 Å². The number of amides is 3. The molecule has 1 fully saturated rings. The molecule has 176 valence electrons. The van der Waals surface area contributed by atoms with Crippen molar-refractivity contribution in [1.29, 1.82) is 0 Å². The van der Waals surface area contributed by atoms with Crippen molar-refractivity contribution in [2.45, 2.75) is 45.2 Å². The lowest BCUT2D eigenvalue weighted by Gasteiger charge is -2.36. The van der Waals surface area contributed by atoms with Crippen LogP contribution >= 0.6 is 0 Å². The lowest BCUT2D eigenvalue weighted by Crippen LogP contribution is -2.55. The van der Waals surface area contributed by atoms with Gasteiger partial charge in [-0.1, -0.05) is 25.1 Å². The predicted molar refractivity (Wildman–Crippen MR) is 127 cm³/mol. The van der Waals surface area contributed by atoms with E-state index in [1.165, 1.54) is 0 Å². The van der Waals surface area contributed by atoms with Gasteiger partial charge >= 0.3 is 0 Å². The molecule has 3 amide bonds. The van der Waals surface area contributed by atoms with Gasteiger partial charge in [0.2, 0.25) is 5.91 Å². The fraction of sp³-hybridized carbons (Fsp3) is 0.423. The fourth-order valence-electron chi connectivity index (χ4n) is 4.00. The van der Waals surface area contributed by atoms with Crippen LogP contribution in [0.5, 0.6) is 5.75 Å². The van der Waals surface area contributed by atoms with Crippen LogP contribution in [0.4, 0.5) is 0 Å². The highest BCUT2D eigenvalue weighted by Crippen LogP contribution is 2.23. The second kappa shape index (κ2) is 11.5. The van der Waals surface area contributed by atoms with Gasteiger partial charge in [-0.05, 0) is 68.5 Å².